The van der Waals surface area contributed by atoms with Gasteiger partial charge in [0, 0.05) is 0 Å². The van der Waals surface area contributed by atoms with Crippen LogP contribution in [0.3, 0.4) is 0 Å². The van der Waals surface area contributed by atoms with Gasteiger partial charge in [0.1, 0.15) is 12.2 Å². The molecule has 1 aliphatic rings. The maximum atomic E-state index is 10.5. The second-order valence-electron chi connectivity index (χ2n) is 2.49. The molecule has 0 aromatic heterocycles. The Labute approximate surface area is 83.7 Å². The fourth-order valence-electron chi connectivity index (χ4n) is 0.929. The Morgan fingerprint density at radius 1 is 1.31 bits per heavy atom. The summed E-state index contributed by atoms with van der Waals surface area (Å²) in [7, 11) is 0. The Morgan fingerprint density at radius 3 is 2.31 bits per heavy atom. The van der Waals surface area contributed by atoms with Crippen LogP contribution in [-0.2, 0) is 4.79 Å². The highest BCUT2D eigenvalue weighted by atomic mass is 35.5. The van der Waals surface area contributed by atoms with Gasteiger partial charge in [0.2, 0.25) is 0 Å². The standard InChI is InChI=1S/C7H6Cl2O4/c8-3-1-2(7(12)13)5(10)6(11)4(3)9/h1,5-6,10-11H,(H,12,13)/t5-,6-/m1/s1. The fourth-order valence-corrected chi connectivity index (χ4v) is 1.33. The number of hydrogen-bond donors (Lipinski definition) is 3. The quantitative estimate of drug-likeness (QED) is 0.604. The van der Waals surface area contributed by atoms with Crippen molar-refractivity contribution in [3.8, 4) is 0 Å². The van der Waals surface area contributed by atoms with Crippen molar-refractivity contribution in [2.75, 3.05) is 0 Å². The van der Waals surface area contributed by atoms with E-state index in [1.54, 1.807) is 0 Å². The summed E-state index contributed by atoms with van der Waals surface area (Å²) in [6.45, 7) is 0. The topological polar surface area (TPSA) is 77.8 Å². The molecule has 72 valence electrons. The molecular formula is C7H6Cl2O4. The molecule has 0 aliphatic heterocycles. The number of carbonyl (C=O) groups is 1. The van der Waals surface area contributed by atoms with Crippen molar-refractivity contribution >= 4 is 29.2 Å². The van der Waals surface area contributed by atoms with Crippen molar-refractivity contribution in [3.63, 3.8) is 0 Å². The van der Waals surface area contributed by atoms with E-state index >= 15 is 0 Å². The molecule has 1 rings (SSSR count). The van der Waals surface area contributed by atoms with Gasteiger partial charge in [0.15, 0.2) is 0 Å². The third-order valence-electron chi connectivity index (χ3n) is 1.63. The molecule has 0 heterocycles. The highest BCUT2D eigenvalue weighted by Crippen LogP contribution is 2.29. The van der Waals surface area contributed by atoms with Gasteiger partial charge in [0.25, 0.3) is 0 Å². The van der Waals surface area contributed by atoms with Crippen LogP contribution in [0.25, 0.3) is 0 Å². The average molecular weight is 225 g/mol. The molecule has 0 radical (unpaired) electrons. The summed E-state index contributed by atoms with van der Waals surface area (Å²) in [5, 5.41) is 26.8. The molecule has 0 bridgehead atoms. The van der Waals surface area contributed by atoms with Crippen LogP contribution in [0.2, 0.25) is 0 Å². The second-order valence-corrected chi connectivity index (χ2v) is 3.30. The van der Waals surface area contributed by atoms with Gasteiger partial charge < -0.3 is 15.3 Å². The maximum Gasteiger partial charge on any atom is 0.334 e. The van der Waals surface area contributed by atoms with Crippen LogP contribution in [0.15, 0.2) is 21.7 Å². The first kappa shape index (κ1) is 10.5. The van der Waals surface area contributed by atoms with E-state index in [0.29, 0.717) is 0 Å². The smallest absolute Gasteiger partial charge is 0.334 e. The third-order valence-corrected chi connectivity index (χ3v) is 2.47. The molecule has 6 heteroatoms. The SMILES string of the molecule is O=C(O)C1=CC(Cl)=C(Cl)[C@@H](O)[C@@H]1O. The molecule has 2 atom stereocenters. The fraction of sp³-hybridized carbons (Fsp3) is 0.286. The lowest BCUT2D eigenvalue weighted by Gasteiger charge is -2.22. The molecule has 0 saturated heterocycles. The van der Waals surface area contributed by atoms with Gasteiger partial charge in [-0.1, -0.05) is 23.2 Å². The number of halogens is 2. The lowest BCUT2D eigenvalue weighted by molar-refractivity contribution is -0.134. The molecule has 4 nitrogen and oxygen atoms in total. The van der Waals surface area contributed by atoms with E-state index < -0.39 is 18.2 Å². The van der Waals surface area contributed by atoms with E-state index in [-0.39, 0.29) is 15.6 Å². The van der Waals surface area contributed by atoms with Crippen LogP contribution in [0, 0.1) is 0 Å². The number of rotatable bonds is 1. The van der Waals surface area contributed by atoms with E-state index in [1.807, 2.05) is 0 Å². The molecule has 0 aromatic rings. The van der Waals surface area contributed by atoms with E-state index in [9.17, 15) is 15.0 Å². The molecule has 13 heavy (non-hydrogen) atoms. The predicted molar refractivity (Wildman–Crippen MR) is 46.5 cm³/mol. The molecule has 0 aromatic carbocycles. The summed E-state index contributed by atoms with van der Waals surface area (Å²) in [5.74, 6) is -1.34. The number of allylic oxidation sites excluding steroid dienone is 2. The number of aliphatic carboxylic acids is 1. The summed E-state index contributed by atoms with van der Waals surface area (Å²) in [6.07, 6.45) is -1.98. The predicted octanol–water partition coefficient (Wildman–Crippen LogP) is 0.422. The van der Waals surface area contributed by atoms with E-state index in [4.69, 9.17) is 28.3 Å². The monoisotopic (exact) mass is 224 g/mol. The summed E-state index contributed by atoms with van der Waals surface area (Å²) in [5.41, 5.74) is -0.373. The lowest BCUT2D eigenvalue weighted by atomic mass is 9.99. The van der Waals surface area contributed by atoms with Crippen molar-refractivity contribution in [1.29, 1.82) is 0 Å². The zero-order valence-electron chi connectivity index (χ0n) is 6.24. The number of aliphatic hydroxyl groups excluding tert-OH is 2. The number of aliphatic hydroxyl groups is 2. The summed E-state index contributed by atoms with van der Waals surface area (Å²) in [6, 6.07) is 0. The Hall–Kier alpha value is -0.550. The molecule has 0 spiro atoms. The van der Waals surface area contributed by atoms with Crippen LogP contribution >= 0.6 is 23.2 Å². The van der Waals surface area contributed by atoms with E-state index in [0.717, 1.165) is 6.08 Å². The Bertz CT molecular complexity index is 308. The van der Waals surface area contributed by atoms with Crippen molar-refractivity contribution < 1.29 is 20.1 Å². The molecule has 0 fully saturated rings. The van der Waals surface area contributed by atoms with Gasteiger partial charge in [-0.25, -0.2) is 4.79 Å². The van der Waals surface area contributed by atoms with Crippen molar-refractivity contribution in [1.82, 2.24) is 0 Å². The first-order chi connectivity index (χ1) is 5.95. The number of carboxylic acids is 1. The largest absolute Gasteiger partial charge is 0.478 e. The zero-order valence-corrected chi connectivity index (χ0v) is 7.75. The zero-order chi connectivity index (χ0) is 10.2. The van der Waals surface area contributed by atoms with Crippen molar-refractivity contribution in [3.05, 3.63) is 21.7 Å². The van der Waals surface area contributed by atoms with Crippen LogP contribution in [0.5, 0.6) is 0 Å². The summed E-state index contributed by atoms with van der Waals surface area (Å²) >= 11 is 11.0. The molecular weight excluding hydrogens is 219 g/mol. The van der Waals surface area contributed by atoms with Gasteiger partial charge in [0.05, 0.1) is 15.6 Å². The Morgan fingerprint density at radius 2 is 1.85 bits per heavy atom. The second kappa shape index (κ2) is 3.67. The summed E-state index contributed by atoms with van der Waals surface area (Å²) < 4.78 is 0. The highest BCUT2D eigenvalue weighted by Gasteiger charge is 2.32. The third kappa shape index (κ3) is 1.86. The van der Waals surface area contributed by atoms with Crippen molar-refractivity contribution in [2.24, 2.45) is 0 Å². The average Bonchev–Trinajstić information content (AvgIpc) is 2.07. The highest BCUT2D eigenvalue weighted by molar-refractivity contribution is 6.41. The van der Waals surface area contributed by atoms with Crippen LogP contribution in [-0.4, -0.2) is 33.5 Å². The minimum atomic E-state index is -1.53. The lowest BCUT2D eigenvalue weighted by Crippen LogP contribution is -2.34. The Balaban J connectivity index is 3.12. The first-order valence-corrected chi connectivity index (χ1v) is 4.07. The Kier molecular flexibility index (Phi) is 2.98. The normalized spacial score (nSPS) is 28.8. The van der Waals surface area contributed by atoms with Gasteiger partial charge in [-0.15, -0.1) is 0 Å². The molecule has 3 N–H and O–H groups in total. The number of carboxylic acid groups (broad SMARTS) is 1. The van der Waals surface area contributed by atoms with Crippen LogP contribution in [0.4, 0.5) is 0 Å². The van der Waals surface area contributed by atoms with E-state index in [2.05, 4.69) is 0 Å². The van der Waals surface area contributed by atoms with Gasteiger partial charge in [-0.3, -0.25) is 0 Å². The van der Waals surface area contributed by atoms with Crippen LogP contribution in [0.1, 0.15) is 0 Å². The molecule has 0 unspecified atom stereocenters. The molecule has 0 amide bonds. The van der Waals surface area contributed by atoms with Gasteiger partial charge >= 0.3 is 5.97 Å². The van der Waals surface area contributed by atoms with Crippen molar-refractivity contribution in [2.45, 2.75) is 12.2 Å². The summed E-state index contributed by atoms with van der Waals surface area (Å²) in [4.78, 5) is 10.5. The minimum absolute atomic E-state index is 0.0723. The van der Waals surface area contributed by atoms with Gasteiger partial charge in [-0.05, 0) is 6.08 Å². The molecule has 0 saturated carbocycles. The van der Waals surface area contributed by atoms with E-state index in [1.165, 1.54) is 0 Å². The maximum absolute atomic E-state index is 10.5. The minimum Gasteiger partial charge on any atom is -0.478 e. The van der Waals surface area contributed by atoms with Crippen LogP contribution < -0.4 is 0 Å². The van der Waals surface area contributed by atoms with Gasteiger partial charge in [-0.2, -0.15) is 0 Å². The number of hydrogen-bond acceptors (Lipinski definition) is 3. The molecule has 1 aliphatic carbocycles. The first-order valence-electron chi connectivity index (χ1n) is 3.31.